The van der Waals surface area contributed by atoms with Crippen LogP contribution >= 0.6 is 0 Å². The molecule has 172 valence electrons. The molecule has 0 aliphatic carbocycles. The standard InChI is InChI=1S/C26H28FN3O3/c1-17(31)30-11-7-21-20-4-3-19(27)15-22(20)28-25(21)26(30)8-12-29(13-9-26)10-6-18-2-5-23-24(14-18)33-16-32-23/h2-5,14-15,28H,6-13,16H2,1H3. The fourth-order valence-electron chi connectivity index (χ4n) is 5.97. The largest absolute Gasteiger partial charge is 0.454 e. The van der Waals surface area contributed by atoms with Crippen molar-refractivity contribution in [3.63, 3.8) is 0 Å². The third kappa shape index (κ3) is 3.37. The van der Waals surface area contributed by atoms with Gasteiger partial charge in [-0.15, -0.1) is 0 Å². The van der Waals surface area contributed by atoms with Gasteiger partial charge in [0.15, 0.2) is 11.5 Å². The summed E-state index contributed by atoms with van der Waals surface area (Å²) in [5, 5.41) is 1.08. The van der Waals surface area contributed by atoms with Gasteiger partial charge >= 0.3 is 0 Å². The molecule has 7 heteroatoms. The Bertz CT molecular complexity index is 1230. The molecule has 0 unspecified atom stereocenters. The molecule has 33 heavy (non-hydrogen) atoms. The minimum absolute atomic E-state index is 0.110. The van der Waals surface area contributed by atoms with Crippen molar-refractivity contribution in [2.45, 2.75) is 38.1 Å². The van der Waals surface area contributed by atoms with E-state index in [1.165, 1.54) is 17.2 Å². The van der Waals surface area contributed by atoms with Crippen LogP contribution in [0.3, 0.4) is 0 Å². The number of aromatic amines is 1. The Morgan fingerprint density at radius 3 is 2.73 bits per heavy atom. The molecule has 1 N–H and O–H groups in total. The van der Waals surface area contributed by atoms with E-state index in [1.807, 2.05) is 12.1 Å². The lowest BCUT2D eigenvalue weighted by molar-refractivity contribution is -0.139. The normalized spacial score (nSPS) is 19.3. The molecule has 6 rings (SSSR count). The summed E-state index contributed by atoms with van der Waals surface area (Å²) in [6.07, 6.45) is 3.49. The number of hydrogen-bond donors (Lipinski definition) is 1. The highest BCUT2D eigenvalue weighted by Gasteiger charge is 2.47. The first-order valence-corrected chi connectivity index (χ1v) is 11.7. The monoisotopic (exact) mass is 449 g/mol. The van der Waals surface area contributed by atoms with Gasteiger partial charge in [-0.3, -0.25) is 4.79 Å². The number of amides is 1. The zero-order chi connectivity index (χ0) is 22.6. The fourth-order valence-corrected chi connectivity index (χ4v) is 5.97. The van der Waals surface area contributed by atoms with E-state index in [4.69, 9.17) is 9.47 Å². The number of benzene rings is 2. The number of likely N-dealkylation sites (tertiary alicyclic amines) is 1. The molecule has 0 radical (unpaired) electrons. The number of nitrogens with one attached hydrogen (secondary N) is 1. The van der Waals surface area contributed by atoms with E-state index in [-0.39, 0.29) is 17.3 Å². The first-order valence-electron chi connectivity index (χ1n) is 11.7. The number of fused-ring (bicyclic) bond motifs is 5. The lowest BCUT2D eigenvalue weighted by Crippen LogP contribution is -2.57. The van der Waals surface area contributed by atoms with Gasteiger partial charge in [0.25, 0.3) is 0 Å². The maximum atomic E-state index is 13.9. The fraction of sp³-hybridized carbons (Fsp3) is 0.423. The van der Waals surface area contributed by atoms with Gasteiger partial charge < -0.3 is 24.3 Å². The second-order valence-electron chi connectivity index (χ2n) is 9.40. The molecular formula is C26H28FN3O3. The molecule has 0 bridgehead atoms. The number of aromatic nitrogens is 1. The number of carbonyl (C=O) groups is 1. The summed E-state index contributed by atoms with van der Waals surface area (Å²) in [4.78, 5) is 20.7. The van der Waals surface area contributed by atoms with Crippen molar-refractivity contribution in [1.82, 2.24) is 14.8 Å². The maximum absolute atomic E-state index is 13.9. The molecule has 3 aromatic rings. The number of piperidine rings is 1. The number of H-pyrrole nitrogens is 1. The molecule has 1 aromatic heterocycles. The first kappa shape index (κ1) is 20.5. The summed E-state index contributed by atoms with van der Waals surface area (Å²) >= 11 is 0. The Hall–Kier alpha value is -3.06. The second kappa shape index (κ2) is 7.76. The van der Waals surface area contributed by atoms with Crippen molar-refractivity contribution in [2.75, 3.05) is 33.0 Å². The van der Waals surface area contributed by atoms with Crippen LogP contribution in [0.5, 0.6) is 11.5 Å². The molecule has 4 heterocycles. The summed E-state index contributed by atoms with van der Waals surface area (Å²) in [6.45, 7) is 5.46. The molecule has 3 aliphatic rings. The summed E-state index contributed by atoms with van der Waals surface area (Å²) in [5.41, 5.74) is 4.08. The Morgan fingerprint density at radius 1 is 1.09 bits per heavy atom. The van der Waals surface area contributed by atoms with Gasteiger partial charge in [-0.25, -0.2) is 4.39 Å². The van der Waals surface area contributed by atoms with Gasteiger partial charge in [0.2, 0.25) is 12.7 Å². The molecule has 6 nitrogen and oxygen atoms in total. The predicted octanol–water partition coefficient (Wildman–Crippen LogP) is 3.97. The number of rotatable bonds is 3. The number of ether oxygens (including phenoxy) is 2. The topological polar surface area (TPSA) is 57.8 Å². The number of nitrogens with zero attached hydrogens (tertiary/aromatic N) is 2. The molecule has 3 aliphatic heterocycles. The molecular weight excluding hydrogens is 421 g/mol. The maximum Gasteiger partial charge on any atom is 0.231 e. The Balaban J connectivity index is 1.23. The Morgan fingerprint density at radius 2 is 1.91 bits per heavy atom. The molecule has 1 amide bonds. The van der Waals surface area contributed by atoms with Crippen molar-refractivity contribution in [2.24, 2.45) is 0 Å². The van der Waals surface area contributed by atoms with E-state index in [2.05, 4.69) is 26.9 Å². The van der Waals surface area contributed by atoms with Gasteiger partial charge in [0, 0.05) is 49.7 Å². The zero-order valence-electron chi connectivity index (χ0n) is 18.8. The van der Waals surface area contributed by atoms with Gasteiger partial charge in [-0.2, -0.15) is 0 Å². The third-order valence-corrected chi connectivity index (χ3v) is 7.65. The lowest BCUT2D eigenvalue weighted by Gasteiger charge is -2.51. The number of hydrogen-bond acceptors (Lipinski definition) is 4. The van der Waals surface area contributed by atoms with Gasteiger partial charge in [-0.1, -0.05) is 6.07 Å². The van der Waals surface area contributed by atoms with Crippen molar-refractivity contribution in [3.05, 3.63) is 59.0 Å². The van der Waals surface area contributed by atoms with Gasteiger partial charge in [-0.05, 0) is 67.1 Å². The van der Waals surface area contributed by atoms with Crippen LogP contribution in [0.4, 0.5) is 4.39 Å². The van der Waals surface area contributed by atoms with Crippen molar-refractivity contribution in [1.29, 1.82) is 0 Å². The smallest absolute Gasteiger partial charge is 0.231 e. The van der Waals surface area contributed by atoms with E-state index >= 15 is 0 Å². The third-order valence-electron chi connectivity index (χ3n) is 7.65. The first-order chi connectivity index (χ1) is 16.0. The van der Waals surface area contributed by atoms with Crippen LogP contribution < -0.4 is 9.47 Å². The Kier molecular flexibility index (Phi) is 4.83. The van der Waals surface area contributed by atoms with Crippen LogP contribution in [0.2, 0.25) is 0 Å². The summed E-state index contributed by atoms with van der Waals surface area (Å²) in [7, 11) is 0. The molecule has 1 saturated heterocycles. The SMILES string of the molecule is CC(=O)N1CCc2c([nH]c3cc(F)ccc23)C12CCN(CCc1ccc3c(c1)OCO3)CC2. The van der Waals surface area contributed by atoms with Gasteiger partial charge in [0.1, 0.15) is 5.82 Å². The van der Waals surface area contributed by atoms with E-state index in [0.717, 1.165) is 73.4 Å². The van der Waals surface area contributed by atoms with Crippen LogP contribution in [0.15, 0.2) is 36.4 Å². The molecule has 1 spiro atoms. The average Bonchev–Trinajstić information content (AvgIpc) is 3.43. The highest BCUT2D eigenvalue weighted by Crippen LogP contribution is 2.45. The minimum atomic E-state index is -0.343. The molecule has 1 fully saturated rings. The van der Waals surface area contributed by atoms with E-state index < -0.39 is 0 Å². The van der Waals surface area contributed by atoms with E-state index in [9.17, 15) is 9.18 Å². The quantitative estimate of drug-likeness (QED) is 0.657. The molecule has 0 saturated carbocycles. The van der Waals surface area contributed by atoms with Crippen LogP contribution in [0, 0.1) is 5.82 Å². The summed E-state index contributed by atoms with van der Waals surface area (Å²) < 4.78 is 24.8. The molecule has 2 aromatic carbocycles. The lowest BCUT2D eigenvalue weighted by atomic mass is 9.77. The highest BCUT2D eigenvalue weighted by atomic mass is 19.1. The highest BCUT2D eigenvalue weighted by molar-refractivity contribution is 5.86. The van der Waals surface area contributed by atoms with Gasteiger partial charge in [0.05, 0.1) is 5.54 Å². The average molecular weight is 450 g/mol. The minimum Gasteiger partial charge on any atom is -0.454 e. The predicted molar refractivity (Wildman–Crippen MR) is 123 cm³/mol. The van der Waals surface area contributed by atoms with Crippen LogP contribution in [-0.2, 0) is 23.2 Å². The second-order valence-corrected chi connectivity index (χ2v) is 9.40. The van der Waals surface area contributed by atoms with Crippen LogP contribution in [-0.4, -0.2) is 53.7 Å². The Labute approximate surface area is 192 Å². The number of carbonyl (C=O) groups excluding carboxylic acids is 1. The van der Waals surface area contributed by atoms with Crippen molar-refractivity contribution < 1.29 is 18.7 Å². The van der Waals surface area contributed by atoms with Crippen molar-refractivity contribution >= 4 is 16.8 Å². The zero-order valence-corrected chi connectivity index (χ0v) is 18.8. The molecule has 0 atom stereocenters. The van der Waals surface area contributed by atoms with Crippen LogP contribution in [0.25, 0.3) is 10.9 Å². The number of halogens is 1. The van der Waals surface area contributed by atoms with E-state index in [1.54, 1.807) is 13.0 Å². The van der Waals surface area contributed by atoms with E-state index in [0.29, 0.717) is 13.3 Å². The van der Waals surface area contributed by atoms with Crippen molar-refractivity contribution in [3.8, 4) is 11.5 Å². The summed E-state index contributed by atoms with van der Waals surface area (Å²) in [5.74, 6) is 1.51. The van der Waals surface area contributed by atoms with Crippen LogP contribution in [0.1, 0.15) is 36.6 Å². The summed E-state index contributed by atoms with van der Waals surface area (Å²) in [6, 6.07) is 11.1.